The van der Waals surface area contributed by atoms with Crippen molar-refractivity contribution in [3.05, 3.63) is 125 Å². The van der Waals surface area contributed by atoms with Crippen LogP contribution in [0.2, 0.25) is 0 Å². The number of carboxylic acid groups (broad SMARTS) is 1. The molecule has 0 bridgehead atoms. The normalized spacial score (nSPS) is 14.4. The maximum Gasteiger partial charge on any atom is 0.335 e. The molecule has 0 spiro atoms. The molecule has 168 valence electrons. The fourth-order valence-corrected chi connectivity index (χ4v) is 4.97. The van der Waals surface area contributed by atoms with Gasteiger partial charge in [0.2, 0.25) is 0 Å². The van der Waals surface area contributed by atoms with E-state index in [2.05, 4.69) is 67.9 Å². The average Bonchev–Trinajstić information content (AvgIpc) is 2.83. The van der Waals surface area contributed by atoms with Crippen LogP contribution in [0.3, 0.4) is 0 Å². The van der Waals surface area contributed by atoms with E-state index in [4.69, 9.17) is 0 Å². The quantitative estimate of drug-likeness (QED) is 0.356. The number of benzene rings is 3. The minimum Gasteiger partial charge on any atom is -0.478 e. The molecule has 0 unspecified atom stereocenters. The highest BCUT2D eigenvalue weighted by atomic mass is 16.4. The fraction of sp³-hybridized carbons (Fsp3) is 0.161. The molecule has 0 fully saturated rings. The Morgan fingerprint density at radius 2 is 1.71 bits per heavy atom. The largest absolute Gasteiger partial charge is 0.478 e. The number of nitrogens with zero attached hydrogens (tertiary/aromatic N) is 1. The Morgan fingerprint density at radius 3 is 2.47 bits per heavy atom. The Bertz CT molecular complexity index is 1500. The van der Waals surface area contributed by atoms with Crippen LogP contribution in [-0.2, 0) is 5.41 Å². The zero-order valence-corrected chi connectivity index (χ0v) is 19.7. The number of allylic oxidation sites excluding steroid dienone is 1. The first-order chi connectivity index (χ1) is 16.3. The Labute approximate surface area is 200 Å². The molecule has 34 heavy (non-hydrogen) atoms. The Morgan fingerprint density at radius 1 is 0.971 bits per heavy atom. The summed E-state index contributed by atoms with van der Waals surface area (Å²) in [5.74, 6) is -0.913. The maximum absolute atomic E-state index is 11.4. The van der Waals surface area contributed by atoms with Crippen molar-refractivity contribution in [1.82, 2.24) is 4.98 Å². The van der Waals surface area contributed by atoms with Crippen molar-refractivity contribution in [3.8, 4) is 0 Å². The van der Waals surface area contributed by atoms with E-state index in [1.165, 1.54) is 22.1 Å². The standard InChI is InChI=1S/C31H27NO2/c1-19-15-21(9-11-24(19)30(33)34)20(2)22-10-12-29-27(16-22)26(13-14-31(29,3)4)28-18-32-17-23-7-5-6-8-25(23)28/h5-13,15-18H,2,14H2,1,3-4H3,(H,33,34). The van der Waals surface area contributed by atoms with Gasteiger partial charge in [0.05, 0.1) is 5.56 Å². The van der Waals surface area contributed by atoms with E-state index in [0.717, 1.165) is 39.6 Å². The molecule has 3 aromatic carbocycles. The van der Waals surface area contributed by atoms with Gasteiger partial charge < -0.3 is 5.11 Å². The van der Waals surface area contributed by atoms with Crippen LogP contribution in [0.15, 0.2) is 85.7 Å². The number of pyridine rings is 1. The molecule has 0 aliphatic heterocycles. The Balaban J connectivity index is 1.64. The van der Waals surface area contributed by atoms with Crippen molar-refractivity contribution in [1.29, 1.82) is 0 Å². The molecule has 0 saturated carbocycles. The number of hydrogen-bond donors (Lipinski definition) is 1. The lowest BCUT2D eigenvalue weighted by molar-refractivity contribution is 0.0696. The third-order valence-corrected chi connectivity index (χ3v) is 6.97. The molecule has 1 aromatic heterocycles. The highest BCUT2D eigenvalue weighted by molar-refractivity contribution is 5.99. The third kappa shape index (κ3) is 3.63. The minimum absolute atomic E-state index is 0.0242. The van der Waals surface area contributed by atoms with Crippen LogP contribution in [0, 0.1) is 6.92 Å². The van der Waals surface area contributed by atoms with Gasteiger partial charge in [-0.3, -0.25) is 4.98 Å². The molecule has 3 heteroatoms. The topological polar surface area (TPSA) is 50.2 Å². The van der Waals surface area contributed by atoms with Crippen LogP contribution in [0.5, 0.6) is 0 Å². The van der Waals surface area contributed by atoms with Gasteiger partial charge in [0.15, 0.2) is 0 Å². The van der Waals surface area contributed by atoms with Crippen molar-refractivity contribution in [2.24, 2.45) is 0 Å². The van der Waals surface area contributed by atoms with E-state index in [-0.39, 0.29) is 5.41 Å². The minimum atomic E-state index is -0.913. The number of fused-ring (bicyclic) bond motifs is 2. The van der Waals surface area contributed by atoms with Gasteiger partial charge in [-0.1, -0.05) is 75.0 Å². The second-order valence-electron chi connectivity index (χ2n) is 9.69. The number of aryl methyl sites for hydroxylation is 1. The predicted molar refractivity (Wildman–Crippen MR) is 139 cm³/mol. The number of carbonyl (C=O) groups is 1. The summed E-state index contributed by atoms with van der Waals surface area (Å²) >= 11 is 0. The maximum atomic E-state index is 11.4. The molecule has 4 aromatic rings. The van der Waals surface area contributed by atoms with Crippen LogP contribution >= 0.6 is 0 Å². The summed E-state index contributed by atoms with van der Waals surface area (Å²) in [4.78, 5) is 16.0. The van der Waals surface area contributed by atoms with E-state index in [0.29, 0.717) is 5.56 Å². The van der Waals surface area contributed by atoms with Gasteiger partial charge in [0.25, 0.3) is 0 Å². The van der Waals surface area contributed by atoms with Gasteiger partial charge in [-0.25, -0.2) is 4.79 Å². The number of carboxylic acids is 1. The Kier molecular flexibility index (Phi) is 5.21. The molecule has 1 aliphatic rings. The number of hydrogen-bond acceptors (Lipinski definition) is 2. The van der Waals surface area contributed by atoms with Crippen LogP contribution in [0.4, 0.5) is 0 Å². The van der Waals surface area contributed by atoms with Gasteiger partial charge in [-0.2, -0.15) is 0 Å². The summed E-state index contributed by atoms with van der Waals surface area (Å²) in [6, 6.07) is 20.4. The average molecular weight is 446 g/mol. The predicted octanol–water partition coefficient (Wildman–Crippen LogP) is 7.42. The van der Waals surface area contributed by atoms with Crippen molar-refractivity contribution < 1.29 is 9.90 Å². The lowest BCUT2D eigenvalue weighted by Crippen LogP contribution is -2.22. The summed E-state index contributed by atoms with van der Waals surface area (Å²) in [5.41, 5.74) is 8.75. The first kappa shape index (κ1) is 21.8. The van der Waals surface area contributed by atoms with Crippen molar-refractivity contribution in [2.75, 3.05) is 0 Å². The molecule has 0 saturated heterocycles. The number of rotatable bonds is 4. The summed E-state index contributed by atoms with van der Waals surface area (Å²) in [7, 11) is 0. The second kappa shape index (κ2) is 8.11. The van der Waals surface area contributed by atoms with Gasteiger partial charge in [-0.15, -0.1) is 0 Å². The van der Waals surface area contributed by atoms with Crippen LogP contribution < -0.4 is 0 Å². The molecule has 1 N–H and O–H groups in total. The van der Waals surface area contributed by atoms with E-state index >= 15 is 0 Å². The highest BCUT2D eigenvalue weighted by Gasteiger charge is 2.29. The van der Waals surface area contributed by atoms with Gasteiger partial charge in [-0.05, 0) is 75.2 Å². The van der Waals surface area contributed by atoms with Crippen LogP contribution in [0.25, 0.3) is 21.9 Å². The van der Waals surface area contributed by atoms with Crippen LogP contribution in [-0.4, -0.2) is 16.1 Å². The monoisotopic (exact) mass is 445 g/mol. The summed E-state index contributed by atoms with van der Waals surface area (Å²) in [6.45, 7) is 10.7. The molecule has 1 aliphatic carbocycles. The first-order valence-corrected chi connectivity index (χ1v) is 11.5. The Hall–Kier alpha value is -3.98. The lowest BCUT2D eigenvalue weighted by Gasteiger charge is -2.33. The summed E-state index contributed by atoms with van der Waals surface area (Å²) in [5, 5.41) is 11.7. The van der Waals surface area contributed by atoms with Crippen LogP contribution in [0.1, 0.15) is 64.0 Å². The molecular weight excluding hydrogens is 418 g/mol. The van der Waals surface area contributed by atoms with Gasteiger partial charge in [0, 0.05) is 23.3 Å². The fourth-order valence-electron chi connectivity index (χ4n) is 4.97. The SMILES string of the molecule is C=C(c1ccc(C(=O)O)c(C)c1)c1ccc2c(c1)C(c1cncc3ccccc13)=CCC2(C)C. The number of aromatic carboxylic acids is 1. The van der Waals surface area contributed by atoms with Gasteiger partial charge >= 0.3 is 5.97 Å². The zero-order chi connectivity index (χ0) is 24.0. The van der Waals surface area contributed by atoms with E-state index in [1.54, 1.807) is 6.07 Å². The van der Waals surface area contributed by atoms with Crippen molar-refractivity contribution in [3.63, 3.8) is 0 Å². The van der Waals surface area contributed by atoms with Crippen molar-refractivity contribution in [2.45, 2.75) is 32.6 Å². The molecule has 5 rings (SSSR count). The lowest BCUT2D eigenvalue weighted by atomic mass is 9.71. The second-order valence-corrected chi connectivity index (χ2v) is 9.69. The molecule has 0 amide bonds. The molecule has 0 radical (unpaired) electrons. The molecular formula is C31H27NO2. The van der Waals surface area contributed by atoms with E-state index in [1.807, 2.05) is 37.5 Å². The zero-order valence-electron chi connectivity index (χ0n) is 19.7. The van der Waals surface area contributed by atoms with Crippen molar-refractivity contribution >= 4 is 27.9 Å². The van der Waals surface area contributed by atoms with E-state index in [9.17, 15) is 9.90 Å². The molecule has 0 atom stereocenters. The third-order valence-electron chi connectivity index (χ3n) is 6.97. The molecule has 1 heterocycles. The first-order valence-electron chi connectivity index (χ1n) is 11.5. The smallest absolute Gasteiger partial charge is 0.335 e. The summed E-state index contributed by atoms with van der Waals surface area (Å²) in [6.07, 6.45) is 7.17. The number of aromatic nitrogens is 1. The highest BCUT2D eigenvalue weighted by Crippen LogP contribution is 2.43. The summed E-state index contributed by atoms with van der Waals surface area (Å²) < 4.78 is 0. The van der Waals surface area contributed by atoms with Gasteiger partial charge in [0.1, 0.15) is 0 Å². The molecule has 3 nitrogen and oxygen atoms in total. The van der Waals surface area contributed by atoms with E-state index < -0.39 is 5.97 Å².